The van der Waals surface area contributed by atoms with Gasteiger partial charge in [0, 0.05) is 23.9 Å². The van der Waals surface area contributed by atoms with Crippen LogP contribution in [-0.2, 0) is 13.5 Å². The first-order valence-corrected chi connectivity index (χ1v) is 7.73. The molecule has 0 bridgehead atoms. The molecule has 0 fully saturated rings. The molecule has 1 atom stereocenters. The molecular formula is C17H21N3O2. The molecule has 1 aromatic heterocycles. The second kappa shape index (κ2) is 6.22. The Labute approximate surface area is 130 Å². The Morgan fingerprint density at radius 1 is 1.41 bits per heavy atom. The van der Waals surface area contributed by atoms with Gasteiger partial charge in [0.2, 0.25) is 0 Å². The number of nitrogens with zero attached hydrogens (tertiary/aromatic N) is 2. The fourth-order valence-electron chi connectivity index (χ4n) is 2.97. The van der Waals surface area contributed by atoms with Gasteiger partial charge in [-0.2, -0.15) is 5.10 Å². The number of ether oxygens (including phenoxy) is 1. The number of carbonyl (C=O) groups is 1. The highest BCUT2D eigenvalue weighted by Gasteiger charge is 2.25. The van der Waals surface area contributed by atoms with E-state index >= 15 is 0 Å². The maximum atomic E-state index is 12.4. The summed E-state index contributed by atoms with van der Waals surface area (Å²) in [6, 6.07) is 7.31. The van der Waals surface area contributed by atoms with Gasteiger partial charge in [-0.1, -0.05) is 0 Å². The van der Waals surface area contributed by atoms with E-state index in [9.17, 15) is 4.79 Å². The van der Waals surface area contributed by atoms with E-state index < -0.39 is 0 Å². The predicted molar refractivity (Wildman–Crippen MR) is 84.0 cm³/mol. The highest BCUT2D eigenvalue weighted by molar-refractivity contribution is 5.94. The number of nitrogens with one attached hydrogen (secondary N) is 1. The Morgan fingerprint density at radius 2 is 2.18 bits per heavy atom. The van der Waals surface area contributed by atoms with Crippen molar-refractivity contribution in [1.82, 2.24) is 15.1 Å². The second-order valence-corrected chi connectivity index (χ2v) is 5.55. The van der Waals surface area contributed by atoms with Crippen molar-refractivity contribution in [2.45, 2.75) is 32.2 Å². The minimum absolute atomic E-state index is 0.0512. The third-order valence-corrected chi connectivity index (χ3v) is 4.11. The van der Waals surface area contributed by atoms with E-state index in [0.29, 0.717) is 12.2 Å². The van der Waals surface area contributed by atoms with E-state index in [0.717, 1.165) is 30.6 Å². The first kappa shape index (κ1) is 14.6. The number of fused-ring (bicyclic) bond motifs is 1. The average Bonchev–Trinajstić information content (AvgIpc) is 2.91. The largest absolute Gasteiger partial charge is 0.494 e. The van der Waals surface area contributed by atoms with Crippen molar-refractivity contribution in [2.75, 3.05) is 6.61 Å². The fraction of sp³-hybridized carbons (Fsp3) is 0.412. The van der Waals surface area contributed by atoms with Crippen LogP contribution in [0.4, 0.5) is 0 Å². The molecule has 5 heteroatoms. The molecule has 1 N–H and O–H groups in total. The van der Waals surface area contributed by atoms with Crippen LogP contribution in [0.5, 0.6) is 5.75 Å². The first-order chi connectivity index (χ1) is 10.7. The summed E-state index contributed by atoms with van der Waals surface area (Å²) in [7, 11) is 1.95. The monoisotopic (exact) mass is 299 g/mol. The van der Waals surface area contributed by atoms with Crippen molar-refractivity contribution in [1.29, 1.82) is 0 Å². The van der Waals surface area contributed by atoms with Crippen LogP contribution in [0.2, 0.25) is 0 Å². The minimum Gasteiger partial charge on any atom is -0.494 e. The summed E-state index contributed by atoms with van der Waals surface area (Å²) in [6.45, 7) is 2.56. The summed E-state index contributed by atoms with van der Waals surface area (Å²) in [5.41, 5.74) is 3.02. The third-order valence-electron chi connectivity index (χ3n) is 4.11. The van der Waals surface area contributed by atoms with E-state index in [1.165, 1.54) is 5.69 Å². The van der Waals surface area contributed by atoms with Gasteiger partial charge in [0.05, 0.1) is 18.8 Å². The molecule has 3 rings (SSSR count). The zero-order valence-corrected chi connectivity index (χ0v) is 13.0. The molecule has 5 nitrogen and oxygen atoms in total. The summed E-state index contributed by atoms with van der Waals surface area (Å²) >= 11 is 0. The van der Waals surface area contributed by atoms with Crippen LogP contribution in [0.1, 0.15) is 47.4 Å². The Bertz CT molecular complexity index is 661. The summed E-state index contributed by atoms with van der Waals surface area (Å²) in [6.07, 6.45) is 4.93. The quantitative estimate of drug-likeness (QED) is 0.944. The molecule has 1 aromatic carbocycles. The van der Waals surface area contributed by atoms with Gasteiger partial charge in [-0.05, 0) is 50.5 Å². The van der Waals surface area contributed by atoms with Gasteiger partial charge in [0.1, 0.15) is 5.75 Å². The molecule has 0 spiro atoms. The maximum absolute atomic E-state index is 12.4. The summed E-state index contributed by atoms with van der Waals surface area (Å²) in [5.74, 6) is 0.732. The molecule has 1 unspecified atom stereocenters. The normalized spacial score (nSPS) is 16.9. The van der Waals surface area contributed by atoms with Gasteiger partial charge in [-0.3, -0.25) is 9.48 Å². The molecule has 0 saturated heterocycles. The highest BCUT2D eigenvalue weighted by Crippen LogP contribution is 2.29. The number of aromatic nitrogens is 2. The van der Waals surface area contributed by atoms with Crippen LogP contribution in [0, 0.1) is 0 Å². The van der Waals surface area contributed by atoms with Crippen LogP contribution >= 0.6 is 0 Å². The van der Waals surface area contributed by atoms with Crippen LogP contribution in [0.15, 0.2) is 30.5 Å². The first-order valence-electron chi connectivity index (χ1n) is 7.73. The minimum atomic E-state index is -0.0512. The summed E-state index contributed by atoms with van der Waals surface area (Å²) in [5, 5.41) is 7.43. The predicted octanol–water partition coefficient (Wildman–Crippen LogP) is 2.63. The molecule has 1 aliphatic rings. The summed E-state index contributed by atoms with van der Waals surface area (Å²) in [4.78, 5) is 12.4. The second-order valence-electron chi connectivity index (χ2n) is 5.55. The van der Waals surface area contributed by atoms with Crippen LogP contribution < -0.4 is 10.1 Å². The average molecular weight is 299 g/mol. The van der Waals surface area contributed by atoms with E-state index in [1.54, 1.807) is 12.1 Å². The highest BCUT2D eigenvalue weighted by atomic mass is 16.5. The SMILES string of the molecule is CCOc1ccc(C(=O)NC2CCCc3c2cnn3C)cc1. The molecule has 0 radical (unpaired) electrons. The fourth-order valence-corrected chi connectivity index (χ4v) is 2.97. The smallest absolute Gasteiger partial charge is 0.251 e. The lowest BCUT2D eigenvalue weighted by Gasteiger charge is -2.23. The van der Waals surface area contributed by atoms with E-state index in [4.69, 9.17) is 4.74 Å². The number of benzene rings is 1. The van der Waals surface area contributed by atoms with Crippen LogP contribution in [0.25, 0.3) is 0 Å². The van der Waals surface area contributed by atoms with E-state index in [2.05, 4.69) is 10.4 Å². The van der Waals surface area contributed by atoms with Crippen LogP contribution in [0.3, 0.4) is 0 Å². The molecular weight excluding hydrogens is 278 g/mol. The van der Waals surface area contributed by atoms with Crippen molar-refractivity contribution in [3.8, 4) is 5.75 Å². The molecule has 22 heavy (non-hydrogen) atoms. The molecule has 0 saturated carbocycles. The van der Waals surface area contributed by atoms with Gasteiger partial charge < -0.3 is 10.1 Å². The Balaban J connectivity index is 1.72. The zero-order valence-electron chi connectivity index (χ0n) is 13.0. The molecule has 1 heterocycles. The van der Waals surface area contributed by atoms with E-state index in [1.807, 2.05) is 37.0 Å². The number of amides is 1. The van der Waals surface area contributed by atoms with Gasteiger partial charge >= 0.3 is 0 Å². The Morgan fingerprint density at radius 3 is 2.91 bits per heavy atom. The van der Waals surface area contributed by atoms with Crippen molar-refractivity contribution in [3.05, 3.63) is 47.3 Å². The van der Waals surface area contributed by atoms with Gasteiger partial charge in [0.15, 0.2) is 0 Å². The van der Waals surface area contributed by atoms with E-state index in [-0.39, 0.29) is 11.9 Å². The zero-order chi connectivity index (χ0) is 15.5. The number of carbonyl (C=O) groups excluding carboxylic acids is 1. The molecule has 0 aliphatic heterocycles. The third kappa shape index (κ3) is 2.84. The lowest BCUT2D eigenvalue weighted by atomic mass is 9.93. The van der Waals surface area contributed by atoms with Gasteiger partial charge in [0.25, 0.3) is 5.91 Å². The molecule has 1 aliphatic carbocycles. The number of hydrogen-bond acceptors (Lipinski definition) is 3. The number of aryl methyl sites for hydroxylation is 1. The van der Waals surface area contributed by atoms with Crippen LogP contribution in [-0.4, -0.2) is 22.3 Å². The van der Waals surface area contributed by atoms with Gasteiger partial charge in [-0.25, -0.2) is 0 Å². The topological polar surface area (TPSA) is 56.1 Å². The number of hydrogen-bond donors (Lipinski definition) is 1. The van der Waals surface area contributed by atoms with Crippen molar-refractivity contribution >= 4 is 5.91 Å². The molecule has 1 amide bonds. The Kier molecular flexibility index (Phi) is 4.13. The lowest BCUT2D eigenvalue weighted by Crippen LogP contribution is -2.30. The van der Waals surface area contributed by atoms with Crippen molar-refractivity contribution in [3.63, 3.8) is 0 Å². The number of rotatable bonds is 4. The summed E-state index contributed by atoms with van der Waals surface area (Å²) < 4.78 is 7.30. The molecule has 2 aromatic rings. The lowest BCUT2D eigenvalue weighted by molar-refractivity contribution is 0.0932. The van der Waals surface area contributed by atoms with Gasteiger partial charge in [-0.15, -0.1) is 0 Å². The van der Waals surface area contributed by atoms with Crippen molar-refractivity contribution < 1.29 is 9.53 Å². The van der Waals surface area contributed by atoms with Crippen molar-refractivity contribution in [2.24, 2.45) is 7.05 Å². The maximum Gasteiger partial charge on any atom is 0.251 e. The Hall–Kier alpha value is -2.30. The molecule has 116 valence electrons. The standard InChI is InChI=1S/C17H21N3O2/c1-3-22-13-9-7-12(8-10-13)17(21)19-15-5-4-6-16-14(15)11-18-20(16)2/h7-11,15H,3-6H2,1-2H3,(H,19,21).